The summed E-state index contributed by atoms with van der Waals surface area (Å²) in [6.45, 7) is 8.03. The third-order valence-corrected chi connectivity index (χ3v) is 17.4. The maximum atomic E-state index is 14.5. The van der Waals surface area contributed by atoms with E-state index in [-0.39, 0.29) is 98.3 Å². The quantitative estimate of drug-likeness (QED) is 0.0447. The van der Waals surface area contributed by atoms with Crippen LogP contribution in [-0.4, -0.2) is 138 Å². The van der Waals surface area contributed by atoms with Gasteiger partial charge in [-0.3, -0.25) is 43.3 Å². The first-order valence-electron chi connectivity index (χ1n) is 28.6. The minimum atomic E-state index is -1.51. The van der Waals surface area contributed by atoms with Gasteiger partial charge in [0, 0.05) is 66.4 Å². The number of benzene rings is 1. The van der Waals surface area contributed by atoms with Gasteiger partial charge in [-0.15, -0.1) is 0 Å². The molecule has 2 aliphatic heterocycles. The van der Waals surface area contributed by atoms with Crippen LogP contribution in [0.1, 0.15) is 124 Å². The largest absolute Gasteiger partial charge is 0.445 e. The van der Waals surface area contributed by atoms with Gasteiger partial charge in [-0.2, -0.15) is 0 Å². The van der Waals surface area contributed by atoms with Crippen molar-refractivity contribution in [2.45, 2.75) is 155 Å². The normalized spacial score (nSPS) is 27.5. The Bertz CT molecular complexity index is 2710. The van der Waals surface area contributed by atoms with Gasteiger partial charge >= 0.3 is 18.2 Å². The van der Waals surface area contributed by atoms with Gasteiger partial charge in [0.25, 0.3) is 11.8 Å². The number of imide groups is 1. The number of hydrogen-bond acceptors (Lipinski definition) is 16. The Morgan fingerprint density at radius 2 is 1.59 bits per heavy atom. The van der Waals surface area contributed by atoms with Crippen LogP contribution in [0.3, 0.4) is 0 Å². The number of ketones is 4. The minimum absolute atomic E-state index is 0.00154. The Labute approximate surface area is 477 Å². The van der Waals surface area contributed by atoms with Crippen molar-refractivity contribution in [2.75, 3.05) is 38.1 Å². The highest BCUT2D eigenvalue weighted by atomic mass is 16.7. The van der Waals surface area contributed by atoms with Crippen molar-refractivity contribution in [3.05, 3.63) is 65.8 Å². The molecule has 0 spiro atoms. The Kier molecular flexibility index (Phi) is 20.8. The average molecular weight is 1140 g/mol. The first kappa shape index (κ1) is 62.5. The zero-order chi connectivity index (χ0) is 59.5. The second-order valence-corrected chi connectivity index (χ2v) is 23.2. The lowest BCUT2D eigenvalue weighted by molar-refractivity contribution is -0.200. The number of carbonyl (C=O) groups is 11. The SMILES string of the molecule is CCCC1O[C@@H]2C[C@H]3[C@@H]4CCC5=CC(=O)C=C[C@]5(C)[C@H]4[C@@H](O)C[C@]3(C)C2(C(=O)COC(=O)NCC(=O)CNC(=O)OCc2ccc(NC(=O)[C@H](CCCNC(N)=O)CC(=O)[C@@H](NC(=O)CCCCCN3C(=O)C=CC3=O)C(C)C)cc2)O1. The minimum Gasteiger partial charge on any atom is -0.445 e. The van der Waals surface area contributed by atoms with Crippen molar-refractivity contribution in [1.82, 2.24) is 26.2 Å². The third-order valence-electron chi connectivity index (χ3n) is 17.4. The van der Waals surface area contributed by atoms with Crippen LogP contribution in [0.5, 0.6) is 0 Å². The molecule has 1 aromatic carbocycles. The van der Waals surface area contributed by atoms with Gasteiger partial charge < -0.3 is 56.4 Å². The smallest absolute Gasteiger partial charge is 0.407 e. The summed E-state index contributed by atoms with van der Waals surface area (Å²) in [5, 5.41) is 24.7. The summed E-state index contributed by atoms with van der Waals surface area (Å²) in [7, 11) is 0. The Morgan fingerprint density at radius 3 is 2.26 bits per heavy atom. The number of hydrogen-bond donors (Lipinski definition) is 7. The van der Waals surface area contributed by atoms with E-state index in [1.54, 1.807) is 50.3 Å². The maximum absolute atomic E-state index is 14.5. The Hall–Kier alpha value is -7.11. The van der Waals surface area contributed by atoms with Crippen LogP contribution in [-0.2, 0) is 63.9 Å². The second kappa shape index (κ2) is 27.3. The molecule has 0 radical (unpaired) electrons. The molecule has 82 heavy (non-hydrogen) atoms. The molecule has 3 saturated carbocycles. The molecule has 7 rings (SSSR count). The summed E-state index contributed by atoms with van der Waals surface area (Å²) in [6, 6.07) is 4.70. The molecule has 446 valence electrons. The van der Waals surface area contributed by atoms with E-state index < -0.39 is 102 Å². The predicted molar refractivity (Wildman–Crippen MR) is 294 cm³/mol. The van der Waals surface area contributed by atoms with Crippen molar-refractivity contribution >= 4 is 70.7 Å². The van der Waals surface area contributed by atoms with E-state index in [2.05, 4.69) is 33.5 Å². The summed E-state index contributed by atoms with van der Waals surface area (Å²) in [4.78, 5) is 141. The van der Waals surface area contributed by atoms with E-state index in [1.165, 1.54) is 12.2 Å². The van der Waals surface area contributed by atoms with Crippen LogP contribution in [0.2, 0.25) is 0 Å². The lowest BCUT2D eigenvalue weighted by Crippen LogP contribution is -2.63. The van der Waals surface area contributed by atoms with E-state index >= 15 is 0 Å². The van der Waals surface area contributed by atoms with Crippen molar-refractivity contribution in [1.29, 1.82) is 0 Å². The fourth-order valence-corrected chi connectivity index (χ4v) is 13.3. The first-order valence-corrected chi connectivity index (χ1v) is 28.6. The number of fused-ring (bicyclic) bond motifs is 7. The van der Waals surface area contributed by atoms with Crippen LogP contribution in [0, 0.1) is 40.4 Å². The number of nitrogens with zero attached hydrogens (tertiary/aromatic N) is 1. The number of nitrogens with one attached hydrogen (secondary N) is 5. The summed E-state index contributed by atoms with van der Waals surface area (Å²) in [6.07, 6.45) is 8.90. The van der Waals surface area contributed by atoms with Gasteiger partial charge in [0.1, 0.15) is 6.61 Å². The highest BCUT2D eigenvalue weighted by Crippen LogP contribution is 2.69. The highest BCUT2D eigenvalue weighted by Gasteiger charge is 2.76. The van der Waals surface area contributed by atoms with Crippen molar-refractivity contribution in [3.8, 4) is 0 Å². The number of urea groups is 1. The lowest BCUT2D eigenvalue weighted by atomic mass is 9.46. The topological polar surface area (TPSA) is 334 Å². The number of primary amides is 1. The molecule has 0 aromatic heterocycles. The Morgan fingerprint density at radius 1 is 0.890 bits per heavy atom. The standard InChI is InChI=1S/C59H79N7O16/c1-6-11-50-81-46-28-42-41-19-16-37-27-39(67)22-23-57(37,4)51(41)44(70)29-58(42,5)59(46,82-50)45(71)33-80-56(78)63-31-40(68)30-62-55(77)79-32-35-14-17-38(18-15-35)64-53(75)36(12-10-24-61-54(60)76)26-43(69)52(34(2)3)65-47(72)13-8-7-9-25-66-48(73)20-21-49(66)74/h14-15,17-18,20-23,27,34,36,41-42,44,46,50-52,70H,6-13,16,19,24-26,28-33H2,1-5H3,(H,62,77)(H,63,78)(H,64,75)(H,65,72)(H3,60,61,76)/t36-,41+,42+,44+,46-,50?,51-,52+,57+,58+,59?/m1/s1. The number of nitrogens with two attached hydrogens (primary N) is 1. The van der Waals surface area contributed by atoms with E-state index in [4.69, 9.17) is 24.7 Å². The molecular weight excluding hydrogens is 1060 g/mol. The number of Topliss-reactive ketones (excluding diaryl/α,β-unsaturated/α-hetero) is 3. The molecule has 4 aliphatic carbocycles. The van der Waals surface area contributed by atoms with Crippen LogP contribution < -0.4 is 32.3 Å². The van der Waals surface area contributed by atoms with Gasteiger partial charge in [-0.05, 0) is 105 Å². The molecule has 2 unspecified atom stereocenters. The molecule has 6 aliphatic rings. The molecule has 8 amide bonds. The predicted octanol–water partition coefficient (Wildman–Crippen LogP) is 4.53. The van der Waals surface area contributed by atoms with E-state index in [1.807, 2.05) is 19.9 Å². The number of rotatable bonds is 28. The van der Waals surface area contributed by atoms with E-state index in [0.717, 1.165) is 23.3 Å². The fraction of sp³-hybridized carbons (Fsp3) is 0.610. The molecule has 2 heterocycles. The van der Waals surface area contributed by atoms with E-state index in [0.29, 0.717) is 56.2 Å². The van der Waals surface area contributed by atoms with Crippen LogP contribution >= 0.6 is 0 Å². The number of carbonyl (C=O) groups excluding carboxylic acids is 11. The number of anilines is 1. The molecule has 23 nitrogen and oxygen atoms in total. The summed E-state index contributed by atoms with van der Waals surface area (Å²) < 4.78 is 23.7. The van der Waals surface area contributed by atoms with E-state index in [9.17, 15) is 57.8 Å². The summed E-state index contributed by atoms with van der Waals surface area (Å²) in [5.41, 5.74) is 4.21. The van der Waals surface area contributed by atoms with Crippen molar-refractivity contribution in [2.24, 2.45) is 46.2 Å². The number of unbranched alkanes of at least 4 members (excludes halogenated alkanes) is 2. The molecule has 11 atom stereocenters. The number of amides is 8. The first-order chi connectivity index (χ1) is 39.0. The monoisotopic (exact) mass is 1140 g/mol. The number of aliphatic hydroxyl groups excluding tert-OH is 1. The molecule has 1 saturated heterocycles. The highest BCUT2D eigenvalue weighted by molar-refractivity contribution is 6.12. The molecular formula is C59H79N7O16. The summed E-state index contributed by atoms with van der Waals surface area (Å²) in [5.74, 6) is -4.52. The molecule has 1 aromatic rings. The van der Waals surface area contributed by atoms with Gasteiger partial charge in [-0.1, -0.05) is 71.2 Å². The molecule has 0 bridgehead atoms. The Balaban J connectivity index is 0.834. The fourth-order valence-electron chi connectivity index (χ4n) is 13.3. The third kappa shape index (κ3) is 14.4. The number of aliphatic hydroxyl groups is 1. The maximum Gasteiger partial charge on any atom is 0.407 e. The average Bonchev–Trinajstić information content (AvgIpc) is 1.55. The van der Waals surface area contributed by atoms with Gasteiger partial charge in [0.15, 0.2) is 35.8 Å². The second-order valence-electron chi connectivity index (χ2n) is 23.2. The lowest BCUT2D eigenvalue weighted by Gasteiger charge is -2.59. The molecule has 8 N–H and O–H groups in total. The molecule has 23 heteroatoms. The number of alkyl carbamates (subject to hydrolysis) is 2. The van der Waals surface area contributed by atoms with Crippen LogP contribution in [0.25, 0.3) is 0 Å². The number of ether oxygens (including phenoxy) is 4. The van der Waals surface area contributed by atoms with Crippen molar-refractivity contribution in [3.63, 3.8) is 0 Å². The van der Waals surface area contributed by atoms with Gasteiger partial charge in [-0.25, -0.2) is 14.4 Å². The summed E-state index contributed by atoms with van der Waals surface area (Å²) >= 11 is 0. The van der Waals surface area contributed by atoms with Crippen molar-refractivity contribution < 1.29 is 76.8 Å². The number of allylic oxidation sites excluding steroid dienone is 4. The zero-order valence-electron chi connectivity index (χ0n) is 47.4. The van der Waals surface area contributed by atoms with Gasteiger partial charge in [0.2, 0.25) is 17.6 Å². The van der Waals surface area contributed by atoms with Crippen LogP contribution in [0.15, 0.2) is 60.2 Å². The van der Waals surface area contributed by atoms with Crippen LogP contribution in [0.4, 0.5) is 20.1 Å². The zero-order valence-corrected chi connectivity index (χ0v) is 47.4. The molecule has 4 fully saturated rings. The van der Waals surface area contributed by atoms with Gasteiger partial charge in [0.05, 0.1) is 31.3 Å².